The molecule has 0 fully saturated rings. The first-order valence-corrected chi connectivity index (χ1v) is 10.6. The summed E-state index contributed by atoms with van der Waals surface area (Å²) in [6, 6.07) is 22.0. The Morgan fingerprint density at radius 1 is 0.962 bits per heavy atom. The van der Waals surface area contributed by atoms with Gasteiger partial charge in [-0.2, -0.15) is 0 Å². The van der Waals surface area contributed by atoms with Crippen molar-refractivity contribution in [3.63, 3.8) is 0 Å². The van der Waals surface area contributed by atoms with Crippen LogP contribution in [0.2, 0.25) is 0 Å². The molecule has 3 heteroatoms. The summed E-state index contributed by atoms with van der Waals surface area (Å²) in [6.45, 7) is 5.12. The molecule has 1 aliphatic carbocycles. The highest BCUT2D eigenvalue weighted by molar-refractivity contribution is 7.76. The lowest BCUT2D eigenvalue weighted by Crippen LogP contribution is -2.14. The fourth-order valence-electron chi connectivity index (χ4n) is 3.39. The number of hydrogen-bond acceptors (Lipinski definition) is 2. The largest absolute Gasteiger partial charge is 0.475 e. The fourth-order valence-corrected chi connectivity index (χ4v) is 5.96. The molecule has 4 rings (SSSR count). The topological polar surface area (TPSA) is 21.6 Å². The Kier molecular flexibility index (Phi) is 5.04. The van der Waals surface area contributed by atoms with Crippen molar-refractivity contribution in [1.29, 1.82) is 0 Å². The summed E-state index contributed by atoms with van der Waals surface area (Å²) in [5.41, 5.74) is 1.20. The van der Waals surface area contributed by atoms with Gasteiger partial charge in [0.25, 0.3) is 0 Å². The van der Waals surface area contributed by atoms with Crippen LogP contribution in [0.1, 0.15) is 20.3 Å². The van der Waals surface area contributed by atoms with Gasteiger partial charge in [0.1, 0.15) is 6.61 Å². The van der Waals surface area contributed by atoms with Crippen LogP contribution in [-0.4, -0.2) is 18.5 Å². The molecule has 0 N–H and O–H groups in total. The van der Waals surface area contributed by atoms with Crippen LogP contribution in [-0.2, 0) is 4.74 Å². The van der Waals surface area contributed by atoms with Crippen molar-refractivity contribution in [2.24, 2.45) is 10.9 Å². The summed E-state index contributed by atoms with van der Waals surface area (Å²) in [4.78, 5) is 4.89. The zero-order chi connectivity index (χ0) is 17.9. The first-order chi connectivity index (χ1) is 12.7. The molecule has 2 aliphatic rings. The number of allylic oxidation sites excluding steroid dienone is 2. The first kappa shape index (κ1) is 17.2. The molecule has 0 unspecified atom stereocenters. The number of hydrogen-bond donors (Lipinski definition) is 0. The number of benzene rings is 2. The van der Waals surface area contributed by atoms with Crippen LogP contribution >= 0.6 is 7.92 Å². The van der Waals surface area contributed by atoms with Gasteiger partial charge in [-0.25, -0.2) is 4.99 Å². The molecule has 2 aromatic rings. The van der Waals surface area contributed by atoms with E-state index < -0.39 is 7.92 Å². The van der Waals surface area contributed by atoms with E-state index in [9.17, 15) is 0 Å². The van der Waals surface area contributed by atoms with Crippen LogP contribution in [0.4, 0.5) is 0 Å². The Bertz CT molecular complexity index is 813. The molecule has 0 spiro atoms. The molecule has 0 saturated carbocycles. The maximum atomic E-state index is 6.01. The zero-order valence-corrected chi connectivity index (χ0v) is 16.2. The molecule has 0 bridgehead atoms. The Hall–Kier alpha value is -2.18. The van der Waals surface area contributed by atoms with Gasteiger partial charge in [-0.1, -0.05) is 86.7 Å². The molecule has 1 aliphatic heterocycles. The monoisotopic (exact) mass is 361 g/mol. The number of nitrogens with zero attached hydrogens (tertiary/aromatic N) is 1. The summed E-state index contributed by atoms with van der Waals surface area (Å²) < 4.78 is 6.01. The molecule has 1 heterocycles. The first-order valence-electron chi connectivity index (χ1n) is 9.25. The smallest absolute Gasteiger partial charge is 0.216 e. The van der Waals surface area contributed by atoms with Gasteiger partial charge in [0.15, 0.2) is 0 Å². The second kappa shape index (κ2) is 7.60. The van der Waals surface area contributed by atoms with E-state index in [0.717, 1.165) is 12.3 Å². The molecule has 0 aromatic heterocycles. The van der Waals surface area contributed by atoms with Crippen LogP contribution in [0.3, 0.4) is 0 Å². The molecule has 26 heavy (non-hydrogen) atoms. The predicted octanol–water partition coefficient (Wildman–Crippen LogP) is 4.79. The molecule has 0 radical (unpaired) electrons. The second-order valence-electron chi connectivity index (χ2n) is 7.03. The van der Waals surface area contributed by atoms with Crippen molar-refractivity contribution >= 4 is 24.4 Å². The van der Waals surface area contributed by atoms with E-state index in [0.29, 0.717) is 12.5 Å². The summed E-state index contributed by atoms with van der Waals surface area (Å²) in [5.74, 6) is 1.35. The fraction of sp³-hybridized carbons (Fsp3) is 0.261. The van der Waals surface area contributed by atoms with Crippen LogP contribution in [0.25, 0.3) is 0 Å². The zero-order valence-electron chi connectivity index (χ0n) is 15.3. The van der Waals surface area contributed by atoms with Crippen molar-refractivity contribution in [2.45, 2.75) is 26.3 Å². The second-order valence-corrected chi connectivity index (χ2v) is 9.27. The van der Waals surface area contributed by atoms with E-state index >= 15 is 0 Å². The van der Waals surface area contributed by atoms with Crippen LogP contribution in [0, 0.1) is 5.92 Å². The minimum atomic E-state index is -0.581. The van der Waals surface area contributed by atoms with Crippen molar-refractivity contribution < 1.29 is 4.74 Å². The molecule has 0 amide bonds. The van der Waals surface area contributed by atoms with E-state index in [-0.39, 0.29) is 6.04 Å². The van der Waals surface area contributed by atoms with Crippen molar-refractivity contribution in [1.82, 2.24) is 0 Å². The summed E-state index contributed by atoms with van der Waals surface area (Å²) in [7, 11) is -0.581. The lowest BCUT2D eigenvalue weighted by molar-refractivity contribution is 0.292. The van der Waals surface area contributed by atoms with E-state index in [1.165, 1.54) is 21.5 Å². The van der Waals surface area contributed by atoms with Gasteiger partial charge in [-0.3, -0.25) is 0 Å². The minimum Gasteiger partial charge on any atom is -0.475 e. The Labute approximate surface area is 157 Å². The average Bonchev–Trinajstić information content (AvgIpc) is 3.33. The third-order valence-corrected chi connectivity index (χ3v) is 7.47. The molecular formula is C23H24NOP. The van der Waals surface area contributed by atoms with Gasteiger partial charge in [0.05, 0.1) is 6.04 Å². The molecule has 132 valence electrons. The third kappa shape index (κ3) is 3.39. The average molecular weight is 361 g/mol. The lowest BCUT2D eigenvalue weighted by atomic mass is 10.1. The molecule has 0 saturated heterocycles. The number of aliphatic imine (C=N–C) groups is 1. The van der Waals surface area contributed by atoms with E-state index in [1.807, 2.05) is 0 Å². The highest BCUT2D eigenvalue weighted by Crippen LogP contribution is 2.49. The quantitative estimate of drug-likeness (QED) is 0.702. The summed E-state index contributed by atoms with van der Waals surface area (Å²) in [5, 5.41) is 4.20. The van der Waals surface area contributed by atoms with Crippen LogP contribution in [0.5, 0.6) is 0 Å². The third-order valence-electron chi connectivity index (χ3n) is 4.88. The normalized spacial score (nSPS) is 19.4. The van der Waals surface area contributed by atoms with Crippen LogP contribution in [0.15, 0.2) is 88.7 Å². The Balaban J connectivity index is 1.79. The molecule has 1 atom stereocenters. The predicted molar refractivity (Wildman–Crippen MR) is 112 cm³/mol. The van der Waals surface area contributed by atoms with Gasteiger partial charge >= 0.3 is 0 Å². The van der Waals surface area contributed by atoms with E-state index in [4.69, 9.17) is 9.73 Å². The SMILES string of the molecule is CC(C)[C@H]1COC(C2=C(P(c3ccccc3)c3ccccc3)CC=C2)=N1. The molecular weight excluding hydrogens is 337 g/mol. The summed E-state index contributed by atoms with van der Waals surface area (Å²) in [6.07, 6.45) is 5.43. The maximum Gasteiger partial charge on any atom is 0.216 e. The van der Waals surface area contributed by atoms with E-state index in [1.54, 1.807) is 0 Å². The van der Waals surface area contributed by atoms with Crippen LogP contribution < -0.4 is 10.6 Å². The van der Waals surface area contributed by atoms with Gasteiger partial charge < -0.3 is 4.74 Å². The maximum absolute atomic E-state index is 6.01. The van der Waals surface area contributed by atoms with Crippen molar-refractivity contribution in [2.75, 3.05) is 6.61 Å². The highest BCUT2D eigenvalue weighted by atomic mass is 31.1. The Morgan fingerprint density at radius 2 is 1.58 bits per heavy atom. The standard InChI is InChI=1S/C23H24NOP/c1-17(2)21-16-25-23(24-21)20-14-9-15-22(20)26(18-10-5-3-6-11-18)19-12-7-4-8-13-19/h3-14,17,21H,15-16H2,1-2H3/t21-/m1/s1. The van der Waals surface area contributed by atoms with E-state index in [2.05, 4.69) is 86.7 Å². The number of ether oxygens (including phenoxy) is 1. The van der Waals surface area contributed by atoms with Gasteiger partial charge in [-0.15, -0.1) is 0 Å². The highest BCUT2D eigenvalue weighted by Gasteiger charge is 2.29. The Morgan fingerprint density at radius 3 is 2.12 bits per heavy atom. The van der Waals surface area contributed by atoms with Gasteiger partial charge in [0, 0.05) is 5.57 Å². The van der Waals surface area contributed by atoms with Crippen molar-refractivity contribution in [3.8, 4) is 0 Å². The molecule has 2 aromatic carbocycles. The minimum absolute atomic E-state index is 0.271. The lowest BCUT2D eigenvalue weighted by Gasteiger charge is -2.22. The molecule has 2 nitrogen and oxygen atoms in total. The van der Waals surface area contributed by atoms with Crippen molar-refractivity contribution in [3.05, 3.63) is 83.7 Å². The number of rotatable bonds is 5. The van der Waals surface area contributed by atoms with Gasteiger partial charge in [-0.05, 0) is 36.2 Å². The van der Waals surface area contributed by atoms with Gasteiger partial charge in [0.2, 0.25) is 5.90 Å². The summed E-state index contributed by atoms with van der Waals surface area (Å²) >= 11 is 0.